The minimum absolute atomic E-state index is 0.299. The summed E-state index contributed by atoms with van der Waals surface area (Å²) in [5.41, 5.74) is 0.534. The predicted octanol–water partition coefficient (Wildman–Crippen LogP) is 4.96. The van der Waals surface area contributed by atoms with Crippen molar-refractivity contribution in [3.63, 3.8) is 0 Å². The predicted molar refractivity (Wildman–Crippen MR) is 87.2 cm³/mol. The van der Waals surface area contributed by atoms with Crippen molar-refractivity contribution in [2.24, 2.45) is 0 Å². The summed E-state index contributed by atoms with van der Waals surface area (Å²) in [5, 5.41) is 3.61. The monoisotopic (exact) mass is 343 g/mol. The molecule has 0 saturated heterocycles. The molecule has 6 heteroatoms. The van der Waals surface area contributed by atoms with Crippen molar-refractivity contribution in [3.05, 3.63) is 39.3 Å². The topological polar surface area (TPSA) is 39.2 Å². The van der Waals surface area contributed by atoms with Gasteiger partial charge < -0.3 is 4.74 Å². The van der Waals surface area contributed by atoms with Crippen LogP contribution < -0.4 is 0 Å². The summed E-state index contributed by atoms with van der Waals surface area (Å²) in [6.45, 7) is 5.70. The average Bonchev–Trinajstić information content (AvgIpc) is 2.89. The molecule has 2 aromatic rings. The van der Waals surface area contributed by atoms with Gasteiger partial charge in [-0.1, -0.05) is 29.3 Å². The van der Waals surface area contributed by atoms with E-state index in [1.54, 1.807) is 39.0 Å². The second kappa shape index (κ2) is 6.34. The Morgan fingerprint density at radius 1 is 1.33 bits per heavy atom. The van der Waals surface area contributed by atoms with Crippen LogP contribution in [0.4, 0.5) is 0 Å². The standard InChI is InChI=1S/C15H15Cl2NO2S/c1-4-20-14(19)15(2,3)11-8-21-13(18-11)12-9(16)6-5-7-10(12)17/h5-8H,4H2,1-3H3. The molecule has 1 aromatic carbocycles. The molecule has 0 atom stereocenters. The van der Waals surface area contributed by atoms with Crippen LogP contribution >= 0.6 is 34.5 Å². The molecule has 0 unspecified atom stereocenters. The van der Waals surface area contributed by atoms with Gasteiger partial charge in [-0.15, -0.1) is 11.3 Å². The first-order chi connectivity index (χ1) is 9.87. The van der Waals surface area contributed by atoms with E-state index in [2.05, 4.69) is 4.98 Å². The highest BCUT2D eigenvalue weighted by atomic mass is 35.5. The van der Waals surface area contributed by atoms with Gasteiger partial charge in [0.1, 0.15) is 10.4 Å². The van der Waals surface area contributed by atoms with Crippen LogP contribution in [0.15, 0.2) is 23.6 Å². The molecule has 1 heterocycles. The van der Waals surface area contributed by atoms with E-state index in [-0.39, 0.29) is 5.97 Å². The number of benzene rings is 1. The van der Waals surface area contributed by atoms with Crippen LogP contribution in [0.1, 0.15) is 26.5 Å². The van der Waals surface area contributed by atoms with Crippen LogP contribution in [0, 0.1) is 0 Å². The van der Waals surface area contributed by atoms with Crippen LogP contribution in [-0.4, -0.2) is 17.6 Å². The van der Waals surface area contributed by atoms with Gasteiger partial charge in [0.15, 0.2) is 0 Å². The molecule has 21 heavy (non-hydrogen) atoms. The second-order valence-corrected chi connectivity index (χ2v) is 6.65. The number of aromatic nitrogens is 1. The first-order valence-corrected chi connectivity index (χ1v) is 8.09. The highest BCUT2D eigenvalue weighted by molar-refractivity contribution is 7.13. The van der Waals surface area contributed by atoms with Crippen LogP contribution in [0.3, 0.4) is 0 Å². The van der Waals surface area contributed by atoms with E-state index in [4.69, 9.17) is 27.9 Å². The van der Waals surface area contributed by atoms with Crippen molar-refractivity contribution in [1.29, 1.82) is 0 Å². The Balaban J connectivity index is 2.41. The number of rotatable bonds is 4. The molecule has 0 radical (unpaired) electrons. The minimum atomic E-state index is -0.807. The smallest absolute Gasteiger partial charge is 0.317 e. The van der Waals surface area contributed by atoms with E-state index in [1.807, 2.05) is 5.38 Å². The Morgan fingerprint density at radius 3 is 2.52 bits per heavy atom. The third kappa shape index (κ3) is 3.23. The molecule has 0 amide bonds. The summed E-state index contributed by atoms with van der Waals surface area (Å²) >= 11 is 13.8. The van der Waals surface area contributed by atoms with Gasteiger partial charge >= 0.3 is 5.97 Å². The molecule has 0 fully saturated rings. The number of carbonyl (C=O) groups excluding carboxylic acids is 1. The molecule has 112 valence electrons. The van der Waals surface area contributed by atoms with Gasteiger partial charge in [0, 0.05) is 10.9 Å². The SMILES string of the molecule is CCOC(=O)C(C)(C)c1csc(-c2c(Cl)cccc2Cl)n1. The Morgan fingerprint density at radius 2 is 1.95 bits per heavy atom. The van der Waals surface area contributed by atoms with Crippen molar-refractivity contribution >= 4 is 40.5 Å². The Kier molecular flexibility index (Phi) is 4.91. The van der Waals surface area contributed by atoms with Crippen molar-refractivity contribution in [1.82, 2.24) is 4.98 Å². The number of hydrogen-bond donors (Lipinski definition) is 0. The molecule has 0 N–H and O–H groups in total. The van der Waals surface area contributed by atoms with E-state index in [0.29, 0.717) is 32.9 Å². The highest BCUT2D eigenvalue weighted by Gasteiger charge is 2.34. The first-order valence-electron chi connectivity index (χ1n) is 6.45. The fourth-order valence-corrected chi connectivity index (χ4v) is 3.54. The van der Waals surface area contributed by atoms with Crippen molar-refractivity contribution in [2.75, 3.05) is 6.61 Å². The summed E-state index contributed by atoms with van der Waals surface area (Å²) in [7, 11) is 0. The van der Waals surface area contributed by atoms with E-state index >= 15 is 0 Å². The molecular formula is C15H15Cl2NO2S. The summed E-state index contributed by atoms with van der Waals surface area (Å²) in [6.07, 6.45) is 0. The minimum Gasteiger partial charge on any atom is -0.465 e. The molecule has 2 rings (SSSR count). The highest BCUT2D eigenvalue weighted by Crippen LogP contribution is 2.38. The van der Waals surface area contributed by atoms with Crippen LogP contribution in [0.25, 0.3) is 10.6 Å². The molecule has 0 spiro atoms. The number of thiazole rings is 1. The largest absolute Gasteiger partial charge is 0.465 e. The van der Waals surface area contributed by atoms with E-state index in [1.165, 1.54) is 11.3 Å². The average molecular weight is 344 g/mol. The van der Waals surface area contributed by atoms with Gasteiger partial charge in [0.25, 0.3) is 0 Å². The number of nitrogens with zero attached hydrogens (tertiary/aromatic N) is 1. The number of halogens is 2. The lowest BCUT2D eigenvalue weighted by molar-refractivity contribution is -0.148. The number of ether oxygens (including phenoxy) is 1. The summed E-state index contributed by atoms with van der Waals surface area (Å²) < 4.78 is 5.10. The number of hydrogen-bond acceptors (Lipinski definition) is 4. The molecule has 1 aromatic heterocycles. The zero-order valence-corrected chi connectivity index (χ0v) is 14.3. The maximum atomic E-state index is 12.0. The lowest BCUT2D eigenvalue weighted by Crippen LogP contribution is -2.31. The van der Waals surface area contributed by atoms with Crippen LogP contribution in [0.2, 0.25) is 10.0 Å². The van der Waals surface area contributed by atoms with E-state index in [0.717, 1.165) is 0 Å². The zero-order chi connectivity index (χ0) is 15.6. The fraction of sp³-hybridized carbons (Fsp3) is 0.333. The van der Waals surface area contributed by atoms with Crippen LogP contribution in [0.5, 0.6) is 0 Å². The third-order valence-corrected chi connectivity index (χ3v) is 4.60. The summed E-state index contributed by atoms with van der Waals surface area (Å²) in [5.74, 6) is -0.299. The van der Waals surface area contributed by atoms with Crippen LogP contribution in [-0.2, 0) is 14.9 Å². The Bertz CT molecular complexity index is 647. The number of carbonyl (C=O) groups is 1. The van der Waals surface area contributed by atoms with E-state index < -0.39 is 5.41 Å². The van der Waals surface area contributed by atoms with Gasteiger partial charge in [-0.25, -0.2) is 4.98 Å². The molecule has 0 aliphatic rings. The molecular weight excluding hydrogens is 329 g/mol. The maximum absolute atomic E-state index is 12.0. The van der Waals surface area contributed by atoms with Crippen molar-refractivity contribution < 1.29 is 9.53 Å². The lowest BCUT2D eigenvalue weighted by Gasteiger charge is -2.19. The molecule has 0 bridgehead atoms. The summed E-state index contributed by atoms with van der Waals surface area (Å²) in [4.78, 5) is 16.6. The molecule has 3 nitrogen and oxygen atoms in total. The van der Waals surface area contributed by atoms with E-state index in [9.17, 15) is 4.79 Å². The molecule has 0 saturated carbocycles. The van der Waals surface area contributed by atoms with Crippen molar-refractivity contribution in [2.45, 2.75) is 26.2 Å². The normalized spacial score (nSPS) is 11.5. The van der Waals surface area contributed by atoms with Crippen molar-refractivity contribution in [3.8, 4) is 10.6 Å². The van der Waals surface area contributed by atoms with Gasteiger partial charge in [-0.3, -0.25) is 4.79 Å². The fourth-order valence-electron chi connectivity index (χ4n) is 1.79. The number of esters is 1. The third-order valence-electron chi connectivity index (χ3n) is 3.11. The van der Waals surface area contributed by atoms with Gasteiger partial charge in [-0.05, 0) is 32.9 Å². The second-order valence-electron chi connectivity index (χ2n) is 4.98. The Labute approximate surface area is 137 Å². The lowest BCUT2D eigenvalue weighted by atomic mass is 9.90. The first kappa shape index (κ1) is 16.3. The van der Waals surface area contributed by atoms with Gasteiger partial charge in [-0.2, -0.15) is 0 Å². The van der Waals surface area contributed by atoms with Gasteiger partial charge in [0.05, 0.1) is 22.3 Å². The Hall–Kier alpha value is -1.10. The quantitative estimate of drug-likeness (QED) is 0.736. The summed E-state index contributed by atoms with van der Waals surface area (Å²) in [6, 6.07) is 5.31. The zero-order valence-electron chi connectivity index (χ0n) is 11.9. The molecule has 0 aliphatic carbocycles. The molecule has 0 aliphatic heterocycles. The maximum Gasteiger partial charge on any atom is 0.317 e. The van der Waals surface area contributed by atoms with Gasteiger partial charge in [0.2, 0.25) is 0 Å².